The van der Waals surface area contributed by atoms with Crippen molar-refractivity contribution in [1.29, 1.82) is 0 Å². The molecule has 156 valence electrons. The van der Waals surface area contributed by atoms with Crippen LogP contribution in [0.3, 0.4) is 0 Å². The van der Waals surface area contributed by atoms with E-state index in [4.69, 9.17) is 9.47 Å². The average Bonchev–Trinajstić information content (AvgIpc) is 2.80. The third kappa shape index (κ3) is 4.59. The Hall–Kier alpha value is -4.06. The first kappa shape index (κ1) is 20.2. The number of esters is 1. The highest BCUT2D eigenvalue weighted by Crippen LogP contribution is 2.33. The van der Waals surface area contributed by atoms with Crippen LogP contribution < -0.4 is 15.4 Å². The molecule has 2 N–H and O–H groups in total. The summed E-state index contributed by atoms with van der Waals surface area (Å²) >= 11 is 0. The molecule has 0 saturated heterocycles. The molecule has 0 radical (unpaired) electrons. The molecule has 2 amide bonds. The number of carbonyl (C=O) groups is 2. The van der Waals surface area contributed by atoms with Crippen LogP contribution in [0.15, 0.2) is 90.5 Å². The van der Waals surface area contributed by atoms with Crippen LogP contribution in [0.2, 0.25) is 0 Å². The molecular formula is C25H22N2O4. The number of rotatable bonds is 6. The lowest BCUT2D eigenvalue weighted by atomic mass is 9.92. The Balaban J connectivity index is 1.71. The third-order valence-electron chi connectivity index (χ3n) is 4.82. The molecule has 3 aromatic carbocycles. The summed E-state index contributed by atoms with van der Waals surface area (Å²) in [6.07, 6.45) is 0. The number of ether oxygens (including phenoxy) is 2. The van der Waals surface area contributed by atoms with E-state index in [1.54, 1.807) is 6.92 Å². The second kappa shape index (κ2) is 9.17. The zero-order valence-corrected chi connectivity index (χ0v) is 17.0. The van der Waals surface area contributed by atoms with Gasteiger partial charge in [-0.25, -0.2) is 9.59 Å². The molecule has 0 aliphatic carbocycles. The van der Waals surface area contributed by atoms with Crippen LogP contribution >= 0.6 is 0 Å². The normalized spacial score (nSPS) is 15.6. The van der Waals surface area contributed by atoms with E-state index in [0.29, 0.717) is 17.0 Å². The van der Waals surface area contributed by atoms with E-state index < -0.39 is 12.0 Å². The molecule has 1 aliphatic rings. The largest absolute Gasteiger partial charge is 0.463 e. The van der Waals surface area contributed by atoms with E-state index in [1.165, 1.54) is 0 Å². The highest BCUT2D eigenvalue weighted by molar-refractivity contribution is 6.04. The topological polar surface area (TPSA) is 76.7 Å². The van der Waals surface area contributed by atoms with Gasteiger partial charge in [0.15, 0.2) is 0 Å². The summed E-state index contributed by atoms with van der Waals surface area (Å²) in [6, 6.07) is 24.9. The van der Waals surface area contributed by atoms with Gasteiger partial charge in [-0.1, -0.05) is 60.7 Å². The first-order valence-electron chi connectivity index (χ1n) is 10.0. The lowest BCUT2D eigenvalue weighted by Crippen LogP contribution is -2.45. The molecule has 0 saturated carbocycles. The average molecular weight is 414 g/mol. The Labute approximate surface area is 180 Å². The summed E-state index contributed by atoms with van der Waals surface area (Å²) in [5.74, 6) is 0.896. The van der Waals surface area contributed by atoms with Crippen LogP contribution in [0.4, 0.5) is 4.79 Å². The second-order valence-electron chi connectivity index (χ2n) is 6.89. The molecule has 1 atom stereocenters. The van der Waals surface area contributed by atoms with Crippen LogP contribution in [0, 0.1) is 0 Å². The maximum Gasteiger partial charge on any atom is 0.338 e. The Bertz CT molecular complexity index is 1090. The first-order valence-corrected chi connectivity index (χ1v) is 10.0. The van der Waals surface area contributed by atoms with Gasteiger partial charge in [-0.3, -0.25) is 0 Å². The number of urea groups is 1. The summed E-state index contributed by atoms with van der Waals surface area (Å²) in [5.41, 5.74) is 2.27. The van der Waals surface area contributed by atoms with Gasteiger partial charge in [0, 0.05) is 0 Å². The maximum absolute atomic E-state index is 12.9. The van der Waals surface area contributed by atoms with Gasteiger partial charge in [-0.2, -0.15) is 0 Å². The van der Waals surface area contributed by atoms with Crippen molar-refractivity contribution in [2.45, 2.75) is 13.0 Å². The summed E-state index contributed by atoms with van der Waals surface area (Å²) < 4.78 is 11.2. The van der Waals surface area contributed by atoms with Crippen LogP contribution in [0.25, 0.3) is 5.70 Å². The molecule has 0 aromatic heterocycles. The van der Waals surface area contributed by atoms with Crippen LogP contribution in [0.1, 0.15) is 24.1 Å². The lowest BCUT2D eigenvalue weighted by Gasteiger charge is -2.29. The zero-order chi connectivity index (χ0) is 21.6. The minimum absolute atomic E-state index is 0.231. The fourth-order valence-electron chi connectivity index (χ4n) is 3.43. The Morgan fingerprint density at radius 1 is 0.871 bits per heavy atom. The molecule has 6 nitrogen and oxygen atoms in total. The molecule has 6 heteroatoms. The van der Waals surface area contributed by atoms with Crippen molar-refractivity contribution < 1.29 is 19.1 Å². The molecule has 1 unspecified atom stereocenters. The molecule has 1 aliphatic heterocycles. The van der Waals surface area contributed by atoms with E-state index in [0.717, 1.165) is 16.9 Å². The van der Waals surface area contributed by atoms with Crippen molar-refractivity contribution >= 4 is 17.7 Å². The Kier molecular flexibility index (Phi) is 5.98. The number of carbonyl (C=O) groups excluding carboxylic acids is 2. The van der Waals surface area contributed by atoms with E-state index in [2.05, 4.69) is 10.6 Å². The smallest absolute Gasteiger partial charge is 0.338 e. The van der Waals surface area contributed by atoms with Gasteiger partial charge in [0.25, 0.3) is 0 Å². The fraction of sp³-hybridized carbons (Fsp3) is 0.120. The van der Waals surface area contributed by atoms with Gasteiger partial charge >= 0.3 is 12.0 Å². The van der Waals surface area contributed by atoms with Gasteiger partial charge in [0.05, 0.1) is 23.9 Å². The number of amides is 2. The number of hydrogen-bond acceptors (Lipinski definition) is 4. The lowest BCUT2D eigenvalue weighted by molar-refractivity contribution is -0.138. The van der Waals surface area contributed by atoms with Crippen LogP contribution in [0.5, 0.6) is 11.5 Å². The molecule has 31 heavy (non-hydrogen) atoms. The Morgan fingerprint density at radius 3 is 2.13 bits per heavy atom. The second-order valence-corrected chi connectivity index (χ2v) is 6.89. The van der Waals surface area contributed by atoms with E-state index >= 15 is 0 Å². The van der Waals surface area contributed by atoms with Crippen molar-refractivity contribution in [2.24, 2.45) is 0 Å². The molecule has 0 spiro atoms. The highest BCUT2D eigenvalue weighted by atomic mass is 16.5. The summed E-state index contributed by atoms with van der Waals surface area (Å²) in [7, 11) is 0. The van der Waals surface area contributed by atoms with Crippen molar-refractivity contribution in [3.63, 3.8) is 0 Å². The zero-order valence-electron chi connectivity index (χ0n) is 17.0. The quantitative estimate of drug-likeness (QED) is 0.568. The van der Waals surface area contributed by atoms with Crippen molar-refractivity contribution in [3.8, 4) is 11.5 Å². The summed E-state index contributed by atoms with van der Waals surface area (Å²) in [4.78, 5) is 25.3. The first-order chi connectivity index (χ1) is 15.2. The summed E-state index contributed by atoms with van der Waals surface area (Å²) in [6.45, 7) is 1.98. The predicted octanol–water partition coefficient (Wildman–Crippen LogP) is 4.81. The van der Waals surface area contributed by atoms with Crippen LogP contribution in [-0.4, -0.2) is 18.6 Å². The van der Waals surface area contributed by atoms with Crippen LogP contribution in [-0.2, 0) is 9.53 Å². The SMILES string of the molecule is CCOC(=O)C1=C(c2ccccc2)NC(=O)NC1c1ccc(Oc2ccccc2)cc1. The molecular weight excluding hydrogens is 392 g/mol. The fourth-order valence-corrected chi connectivity index (χ4v) is 3.43. The number of para-hydroxylation sites is 1. The monoisotopic (exact) mass is 414 g/mol. The van der Waals surface area contributed by atoms with Gasteiger partial charge < -0.3 is 20.1 Å². The molecule has 3 aromatic rings. The van der Waals surface area contributed by atoms with Gasteiger partial charge in [-0.15, -0.1) is 0 Å². The number of benzene rings is 3. The molecule has 1 heterocycles. The summed E-state index contributed by atoms with van der Waals surface area (Å²) in [5, 5.41) is 5.61. The van der Waals surface area contributed by atoms with Crippen molar-refractivity contribution in [1.82, 2.24) is 10.6 Å². The molecule has 0 fully saturated rings. The molecule has 0 bridgehead atoms. The predicted molar refractivity (Wildman–Crippen MR) is 117 cm³/mol. The van der Waals surface area contributed by atoms with E-state index in [-0.39, 0.29) is 12.6 Å². The maximum atomic E-state index is 12.9. The minimum atomic E-state index is -0.659. The van der Waals surface area contributed by atoms with Gasteiger partial charge in [-0.05, 0) is 42.3 Å². The number of hydrogen-bond donors (Lipinski definition) is 2. The van der Waals surface area contributed by atoms with Gasteiger partial charge in [0.1, 0.15) is 11.5 Å². The third-order valence-corrected chi connectivity index (χ3v) is 4.82. The standard InChI is InChI=1S/C25H22N2O4/c1-2-30-24(28)21-22(17-9-5-3-6-10-17)26-25(29)27-23(21)18-13-15-20(16-14-18)31-19-11-7-4-8-12-19/h3-16,23H,2H2,1H3,(H2,26,27,29). The Morgan fingerprint density at radius 2 is 1.48 bits per heavy atom. The minimum Gasteiger partial charge on any atom is -0.463 e. The molecule has 4 rings (SSSR count). The van der Waals surface area contributed by atoms with E-state index in [1.807, 2.05) is 84.9 Å². The highest BCUT2D eigenvalue weighted by Gasteiger charge is 2.34. The number of nitrogens with one attached hydrogen (secondary N) is 2. The van der Waals surface area contributed by atoms with Crippen molar-refractivity contribution in [3.05, 3.63) is 102 Å². The van der Waals surface area contributed by atoms with Gasteiger partial charge in [0.2, 0.25) is 0 Å². The van der Waals surface area contributed by atoms with E-state index in [9.17, 15) is 9.59 Å². The van der Waals surface area contributed by atoms with Crippen molar-refractivity contribution in [2.75, 3.05) is 6.61 Å².